The van der Waals surface area contributed by atoms with Gasteiger partial charge in [-0.3, -0.25) is 0 Å². The van der Waals surface area contributed by atoms with Crippen molar-refractivity contribution in [3.05, 3.63) is 59.7 Å². The van der Waals surface area contributed by atoms with Crippen LogP contribution in [0, 0.1) is 23.1 Å². The third-order valence-corrected chi connectivity index (χ3v) is 4.73. The Morgan fingerprint density at radius 1 is 1.27 bits per heavy atom. The van der Waals surface area contributed by atoms with E-state index in [1.165, 1.54) is 40.7 Å². The van der Waals surface area contributed by atoms with Crippen LogP contribution in [0.3, 0.4) is 0 Å². The van der Waals surface area contributed by atoms with Gasteiger partial charge in [0.1, 0.15) is 23.7 Å². The molecule has 4 rings (SSSR count). The highest BCUT2D eigenvalue weighted by molar-refractivity contribution is 5.51. The molecule has 0 saturated carbocycles. The molecule has 0 N–H and O–H groups in total. The molecule has 1 aliphatic heterocycles. The van der Waals surface area contributed by atoms with E-state index in [0.29, 0.717) is 5.65 Å². The monoisotopic (exact) mass is 357 g/mol. The van der Waals surface area contributed by atoms with Crippen molar-refractivity contribution in [1.29, 1.82) is 5.26 Å². The molecule has 3 heterocycles. The first-order chi connectivity index (χ1) is 12.4. The Kier molecular flexibility index (Phi) is 3.61. The Labute approximate surface area is 147 Å². The smallest absolute Gasteiger partial charge is 0.276 e. The summed E-state index contributed by atoms with van der Waals surface area (Å²) < 4.78 is 44.7. The summed E-state index contributed by atoms with van der Waals surface area (Å²) >= 11 is 0. The fourth-order valence-electron chi connectivity index (χ4n) is 3.40. The summed E-state index contributed by atoms with van der Waals surface area (Å²) in [6.07, 6.45) is 1.37. The van der Waals surface area contributed by atoms with Crippen LogP contribution in [0.25, 0.3) is 5.65 Å². The van der Waals surface area contributed by atoms with Crippen LogP contribution in [0.1, 0.15) is 24.2 Å². The molecule has 0 aliphatic carbocycles. The van der Waals surface area contributed by atoms with Gasteiger partial charge in [-0.15, -0.1) is 5.10 Å². The zero-order chi connectivity index (χ0) is 18.5. The summed E-state index contributed by atoms with van der Waals surface area (Å²) in [6.45, 7) is 1.52. The van der Waals surface area contributed by atoms with E-state index in [4.69, 9.17) is 5.26 Å². The maximum Gasteiger partial charge on any atom is 0.276 e. The lowest BCUT2D eigenvalue weighted by molar-refractivity contribution is -0.0438. The number of hydrogen-bond acceptors (Lipinski definition) is 4. The molecule has 1 fully saturated rings. The van der Waals surface area contributed by atoms with Gasteiger partial charge in [-0.2, -0.15) is 5.26 Å². The van der Waals surface area contributed by atoms with Crippen LogP contribution < -0.4 is 4.90 Å². The van der Waals surface area contributed by atoms with Gasteiger partial charge in [0.2, 0.25) is 0 Å². The van der Waals surface area contributed by atoms with Gasteiger partial charge in [0, 0.05) is 12.5 Å². The third-order valence-electron chi connectivity index (χ3n) is 4.73. The van der Waals surface area contributed by atoms with Gasteiger partial charge in [-0.05, 0) is 29.8 Å². The number of imidazole rings is 1. The molecule has 3 aromatic rings. The molecular formula is C18H14F3N5. The average molecular weight is 357 g/mol. The number of rotatable bonds is 2. The van der Waals surface area contributed by atoms with Gasteiger partial charge < -0.3 is 4.90 Å². The Hall–Kier alpha value is -3.08. The lowest BCUT2D eigenvalue weighted by atomic mass is 9.96. The van der Waals surface area contributed by atoms with E-state index in [-0.39, 0.29) is 23.6 Å². The molecule has 26 heavy (non-hydrogen) atoms. The number of nitrogens with zero attached hydrogens (tertiary/aromatic N) is 5. The van der Waals surface area contributed by atoms with Crippen molar-refractivity contribution in [2.75, 3.05) is 11.4 Å². The molecule has 2 aromatic heterocycles. The molecule has 2 atom stereocenters. The highest BCUT2D eigenvalue weighted by Crippen LogP contribution is 2.49. The highest BCUT2D eigenvalue weighted by Gasteiger charge is 2.55. The predicted molar refractivity (Wildman–Crippen MR) is 88.3 cm³/mol. The first-order valence-corrected chi connectivity index (χ1v) is 8.06. The van der Waals surface area contributed by atoms with Crippen LogP contribution in [0.4, 0.5) is 19.0 Å². The summed E-state index contributed by atoms with van der Waals surface area (Å²) in [5, 5.41) is 13.5. The van der Waals surface area contributed by atoms with Gasteiger partial charge in [0.05, 0.1) is 6.20 Å². The molecule has 1 aromatic carbocycles. The number of anilines is 1. The van der Waals surface area contributed by atoms with E-state index >= 15 is 0 Å². The molecule has 0 radical (unpaired) electrons. The summed E-state index contributed by atoms with van der Waals surface area (Å²) in [6, 6.07) is 9.08. The normalized spacial score (nSPS) is 21.9. The molecule has 5 nitrogen and oxygen atoms in total. The van der Waals surface area contributed by atoms with Crippen molar-refractivity contribution in [3.8, 4) is 6.07 Å². The zero-order valence-electron chi connectivity index (χ0n) is 13.8. The first kappa shape index (κ1) is 16.4. The number of aromatic nitrogens is 3. The Morgan fingerprint density at radius 2 is 2.08 bits per heavy atom. The van der Waals surface area contributed by atoms with E-state index in [2.05, 4.69) is 10.1 Å². The van der Waals surface area contributed by atoms with Crippen molar-refractivity contribution in [2.24, 2.45) is 5.92 Å². The second-order valence-electron chi connectivity index (χ2n) is 6.40. The summed E-state index contributed by atoms with van der Waals surface area (Å²) in [5.74, 6) is -4.28. The molecule has 8 heteroatoms. The molecule has 0 spiro atoms. The summed E-state index contributed by atoms with van der Waals surface area (Å²) in [7, 11) is 0. The highest BCUT2D eigenvalue weighted by atomic mass is 19.3. The topological polar surface area (TPSA) is 57.2 Å². The Bertz CT molecular complexity index is 1020. The summed E-state index contributed by atoms with van der Waals surface area (Å²) in [5.41, 5.74) is 0.849. The minimum Gasteiger partial charge on any atom is -0.342 e. The predicted octanol–water partition coefficient (Wildman–Crippen LogP) is 3.57. The van der Waals surface area contributed by atoms with Gasteiger partial charge in [-0.1, -0.05) is 19.1 Å². The fourth-order valence-corrected chi connectivity index (χ4v) is 3.40. The molecule has 132 valence electrons. The van der Waals surface area contributed by atoms with Crippen LogP contribution in [0.2, 0.25) is 0 Å². The number of fused-ring (bicyclic) bond motifs is 1. The quantitative estimate of drug-likeness (QED) is 0.704. The zero-order valence-corrected chi connectivity index (χ0v) is 13.8. The van der Waals surface area contributed by atoms with Crippen LogP contribution in [0.15, 0.2) is 42.6 Å². The van der Waals surface area contributed by atoms with E-state index in [1.54, 1.807) is 12.1 Å². The molecule has 0 amide bonds. The van der Waals surface area contributed by atoms with Crippen molar-refractivity contribution in [3.63, 3.8) is 0 Å². The SMILES string of the molecule is CC1CN(c2ccc3ncc(C#N)n3n2)C(c2cccc(F)c2)C1(F)F. The maximum atomic E-state index is 14.9. The fraction of sp³-hybridized carbons (Fsp3) is 0.278. The number of halogens is 3. The summed E-state index contributed by atoms with van der Waals surface area (Å²) in [4.78, 5) is 5.51. The van der Waals surface area contributed by atoms with Crippen LogP contribution in [-0.4, -0.2) is 27.1 Å². The van der Waals surface area contributed by atoms with E-state index in [1.807, 2.05) is 6.07 Å². The number of nitriles is 1. The van der Waals surface area contributed by atoms with Crippen LogP contribution in [-0.2, 0) is 0 Å². The number of alkyl halides is 2. The van der Waals surface area contributed by atoms with E-state index in [9.17, 15) is 13.2 Å². The molecule has 1 saturated heterocycles. The van der Waals surface area contributed by atoms with Crippen molar-refractivity contribution in [1.82, 2.24) is 14.6 Å². The van der Waals surface area contributed by atoms with Crippen molar-refractivity contribution >= 4 is 11.5 Å². The maximum absolute atomic E-state index is 14.9. The van der Waals surface area contributed by atoms with Crippen molar-refractivity contribution in [2.45, 2.75) is 18.9 Å². The van der Waals surface area contributed by atoms with Gasteiger partial charge >= 0.3 is 0 Å². The molecular weight excluding hydrogens is 343 g/mol. The first-order valence-electron chi connectivity index (χ1n) is 8.06. The number of benzene rings is 1. The van der Waals surface area contributed by atoms with Gasteiger partial charge in [0.25, 0.3) is 5.92 Å². The molecule has 2 unspecified atom stereocenters. The van der Waals surface area contributed by atoms with Crippen molar-refractivity contribution < 1.29 is 13.2 Å². The minimum absolute atomic E-state index is 0.0588. The minimum atomic E-state index is -3.06. The number of hydrogen-bond donors (Lipinski definition) is 0. The molecule has 1 aliphatic rings. The van der Waals surface area contributed by atoms with Gasteiger partial charge in [0.15, 0.2) is 11.3 Å². The molecule has 0 bridgehead atoms. The third kappa shape index (κ3) is 2.39. The van der Waals surface area contributed by atoms with Crippen LogP contribution in [0.5, 0.6) is 0 Å². The lowest BCUT2D eigenvalue weighted by Crippen LogP contribution is -2.33. The Morgan fingerprint density at radius 3 is 2.81 bits per heavy atom. The Balaban J connectivity index is 1.85. The van der Waals surface area contributed by atoms with E-state index < -0.39 is 23.7 Å². The van der Waals surface area contributed by atoms with Crippen LogP contribution >= 0.6 is 0 Å². The average Bonchev–Trinajstić information content (AvgIpc) is 3.12. The lowest BCUT2D eigenvalue weighted by Gasteiger charge is -2.29. The van der Waals surface area contributed by atoms with E-state index in [0.717, 1.165) is 6.07 Å². The second kappa shape index (κ2) is 5.73. The standard InChI is InChI=1S/C18H14F3N5/c1-11-10-25(16-6-5-15-23-9-14(8-22)26(15)24-16)17(18(11,20)21)12-3-2-4-13(19)7-12/h2-7,9,11,17H,10H2,1H3. The van der Waals surface area contributed by atoms with Gasteiger partial charge in [-0.25, -0.2) is 22.7 Å². The largest absolute Gasteiger partial charge is 0.342 e. The second-order valence-corrected chi connectivity index (χ2v) is 6.40.